The lowest BCUT2D eigenvalue weighted by molar-refractivity contribution is -0.121. The first kappa shape index (κ1) is 17.7. The number of rotatable bonds is 7. The first-order valence-electron chi connectivity index (χ1n) is 9.08. The molecule has 25 heavy (non-hydrogen) atoms. The number of hydrogen-bond acceptors (Lipinski definition) is 3. The lowest BCUT2D eigenvalue weighted by atomic mass is 9.84. The van der Waals surface area contributed by atoms with Crippen LogP contribution in [0.1, 0.15) is 42.5 Å². The van der Waals surface area contributed by atoms with Gasteiger partial charge in [0.2, 0.25) is 5.91 Å². The predicted molar refractivity (Wildman–Crippen MR) is 97.7 cm³/mol. The number of amides is 1. The average Bonchev–Trinajstić information content (AvgIpc) is 3.01. The summed E-state index contributed by atoms with van der Waals surface area (Å²) in [6.45, 7) is 1.19. The van der Waals surface area contributed by atoms with Gasteiger partial charge in [0, 0.05) is 42.2 Å². The summed E-state index contributed by atoms with van der Waals surface area (Å²) in [6, 6.07) is 7.83. The molecule has 1 saturated carbocycles. The fourth-order valence-corrected chi connectivity index (χ4v) is 3.66. The Morgan fingerprint density at radius 2 is 1.96 bits per heavy atom. The summed E-state index contributed by atoms with van der Waals surface area (Å²) >= 11 is 0. The van der Waals surface area contributed by atoms with Gasteiger partial charge in [-0.25, -0.2) is 0 Å². The third-order valence-corrected chi connectivity index (χ3v) is 4.97. The largest absolute Gasteiger partial charge is 0.383 e. The van der Waals surface area contributed by atoms with E-state index in [9.17, 15) is 9.59 Å². The molecule has 134 valence electrons. The van der Waals surface area contributed by atoms with E-state index < -0.39 is 0 Å². The standard InChI is InChI=1S/C20H26N2O3/c1-25-12-11-21-19(23)14-22-13-17(16-9-5-6-10-18(16)22)20(24)15-7-3-2-4-8-15/h5-6,9-10,13,15H,2-4,7-8,11-12,14H2,1H3,(H,21,23). The highest BCUT2D eigenvalue weighted by Crippen LogP contribution is 2.30. The zero-order valence-electron chi connectivity index (χ0n) is 14.8. The highest BCUT2D eigenvalue weighted by atomic mass is 16.5. The molecule has 0 aliphatic heterocycles. The summed E-state index contributed by atoms with van der Waals surface area (Å²) in [6.07, 6.45) is 7.32. The molecule has 1 aromatic carbocycles. The minimum atomic E-state index is -0.0746. The number of carbonyl (C=O) groups is 2. The van der Waals surface area contributed by atoms with Crippen LogP contribution in [0.3, 0.4) is 0 Å². The summed E-state index contributed by atoms with van der Waals surface area (Å²) in [4.78, 5) is 25.1. The zero-order chi connectivity index (χ0) is 17.6. The molecule has 1 aliphatic carbocycles. The molecule has 1 heterocycles. The fraction of sp³-hybridized carbons (Fsp3) is 0.500. The Morgan fingerprint density at radius 1 is 1.20 bits per heavy atom. The van der Waals surface area contributed by atoms with Crippen molar-refractivity contribution in [3.05, 3.63) is 36.0 Å². The summed E-state index contributed by atoms with van der Waals surface area (Å²) in [5.74, 6) is 0.285. The van der Waals surface area contributed by atoms with Crippen LogP contribution in [0.4, 0.5) is 0 Å². The Labute approximate surface area is 148 Å². The third-order valence-electron chi connectivity index (χ3n) is 4.97. The van der Waals surface area contributed by atoms with E-state index in [4.69, 9.17) is 4.74 Å². The van der Waals surface area contributed by atoms with Crippen LogP contribution < -0.4 is 5.32 Å². The number of Topliss-reactive ketones (excluding diaryl/α,β-unsaturated/α-hetero) is 1. The maximum Gasteiger partial charge on any atom is 0.240 e. The van der Waals surface area contributed by atoms with Gasteiger partial charge < -0.3 is 14.6 Å². The van der Waals surface area contributed by atoms with Crippen molar-refractivity contribution < 1.29 is 14.3 Å². The number of ketones is 1. The number of fused-ring (bicyclic) bond motifs is 1. The number of ether oxygens (including phenoxy) is 1. The van der Waals surface area contributed by atoms with Gasteiger partial charge in [-0.15, -0.1) is 0 Å². The second-order valence-electron chi connectivity index (χ2n) is 6.73. The number of nitrogens with one attached hydrogen (secondary N) is 1. The highest BCUT2D eigenvalue weighted by molar-refractivity contribution is 6.09. The van der Waals surface area contributed by atoms with Crippen LogP contribution in [0.15, 0.2) is 30.5 Å². The molecule has 1 fully saturated rings. The minimum absolute atomic E-state index is 0.0746. The van der Waals surface area contributed by atoms with E-state index in [-0.39, 0.29) is 24.2 Å². The van der Waals surface area contributed by atoms with Crippen molar-refractivity contribution in [3.63, 3.8) is 0 Å². The smallest absolute Gasteiger partial charge is 0.240 e. The quantitative estimate of drug-likeness (QED) is 0.621. The molecule has 0 atom stereocenters. The van der Waals surface area contributed by atoms with Crippen molar-refractivity contribution in [2.75, 3.05) is 20.3 Å². The molecule has 0 spiro atoms. The number of methoxy groups -OCH3 is 1. The molecule has 3 rings (SSSR count). The number of carbonyl (C=O) groups excluding carboxylic acids is 2. The zero-order valence-corrected chi connectivity index (χ0v) is 14.8. The van der Waals surface area contributed by atoms with Gasteiger partial charge in [0.05, 0.1) is 6.61 Å². The first-order valence-corrected chi connectivity index (χ1v) is 9.08. The van der Waals surface area contributed by atoms with Crippen LogP contribution in [0.5, 0.6) is 0 Å². The second-order valence-corrected chi connectivity index (χ2v) is 6.73. The lowest BCUT2D eigenvalue weighted by Gasteiger charge is -2.19. The van der Waals surface area contributed by atoms with Gasteiger partial charge in [-0.2, -0.15) is 0 Å². The molecule has 0 bridgehead atoms. The Balaban J connectivity index is 1.82. The average molecular weight is 342 g/mol. The maximum absolute atomic E-state index is 13.0. The molecule has 1 N–H and O–H groups in total. The van der Waals surface area contributed by atoms with Crippen LogP contribution in [0, 0.1) is 5.92 Å². The van der Waals surface area contributed by atoms with Crippen LogP contribution >= 0.6 is 0 Å². The molecular weight excluding hydrogens is 316 g/mol. The van der Waals surface area contributed by atoms with E-state index in [1.54, 1.807) is 7.11 Å². The molecule has 1 amide bonds. The van der Waals surface area contributed by atoms with Crippen LogP contribution in [-0.2, 0) is 16.1 Å². The van der Waals surface area contributed by atoms with Crippen LogP contribution in [0.25, 0.3) is 10.9 Å². The number of para-hydroxylation sites is 1. The molecule has 0 unspecified atom stereocenters. The molecule has 0 radical (unpaired) electrons. The van der Waals surface area contributed by atoms with Crippen molar-refractivity contribution >= 4 is 22.6 Å². The lowest BCUT2D eigenvalue weighted by Crippen LogP contribution is -2.30. The van der Waals surface area contributed by atoms with Gasteiger partial charge in [-0.05, 0) is 18.9 Å². The van der Waals surface area contributed by atoms with E-state index >= 15 is 0 Å². The Hall–Kier alpha value is -2.14. The van der Waals surface area contributed by atoms with Gasteiger partial charge in [-0.1, -0.05) is 37.5 Å². The molecule has 5 nitrogen and oxygen atoms in total. The van der Waals surface area contributed by atoms with E-state index in [2.05, 4.69) is 5.32 Å². The normalized spacial score (nSPS) is 15.4. The van der Waals surface area contributed by atoms with Gasteiger partial charge in [0.15, 0.2) is 5.78 Å². The predicted octanol–water partition coefficient (Wildman–Crippen LogP) is 3.17. The number of hydrogen-bond donors (Lipinski definition) is 1. The summed E-state index contributed by atoms with van der Waals surface area (Å²) in [7, 11) is 1.61. The van der Waals surface area contributed by atoms with E-state index in [0.29, 0.717) is 13.2 Å². The third kappa shape index (κ3) is 4.10. The van der Waals surface area contributed by atoms with Crippen LogP contribution in [0.2, 0.25) is 0 Å². The first-order chi connectivity index (χ1) is 12.2. The van der Waals surface area contributed by atoms with E-state index in [0.717, 1.165) is 42.1 Å². The monoisotopic (exact) mass is 342 g/mol. The van der Waals surface area contributed by atoms with Gasteiger partial charge in [0.1, 0.15) is 6.54 Å². The van der Waals surface area contributed by atoms with Gasteiger partial charge in [0.25, 0.3) is 0 Å². The van der Waals surface area contributed by atoms with Crippen molar-refractivity contribution in [3.8, 4) is 0 Å². The molecule has 1 aromatic heterocycles. The van der Waals surface area contributed by atoms with Crippen molar-refractivity contribution in [2.45, 2.75) is 38.6 Å². The van der Waals surface area contributed by atoms with Gasteiger partial charge >= 0.3 is 0 Å². The Kier molecular flexibility index (Phi) is 5.87. The SMILES string of the molecule is COCCNC(=O)Cn1cc(C(=O)C2CCCCC2)c2ccccc21. The summed E-state index contributed by atoms with van der Waals surface area (Å²) < 4.78 is 6.83. The second kappa shape index (κ2) is 8.30. The van der Waals surface area contributed by atoms with E-state index in [1.807, 2.05) is 35.0 Å². The molecule has 5 heteroatoms. The number of benzene rings is 1. The summed E-state index contributed by atoms with van der Waals surface area (Å²) in [5, 5.41) is 3.78. The molecule has 2 aromatic rings. The minimum Gasteiger partial charge on any atom is -0.383 e. The fourth-order valence-electron chi connectivity index (χ4n) is 3.66. The van der Waals surface area contributed by atoms with Gasteiger partial charge in [-0.3, -0.25) is 9.59 Å². The number of nitrogens with zero attached hydrogens (tertiary/aromatic N) is 1. The van der Waals surface area contributed by atoms with Crippen molar-refractivity contribution in [2.24, 2.45) is 5.92 Å². The molecule has 1 aliphatic rings. The summed E-state index contributed by atoms with van der Waals surface area (Å²) in [5.41, 5.74) is 1.69. The van der Waals surface area contributed by atoms with E-state index in [1.165, 1.54) is 6.42 Å². The highest BCUT2D eigenvalue weighted by Gasteiger charge is 2.25. The Bertz CT molecular complexity index is 744. The van der Waals surface area contributed by atoms with Crippen molar-refractivity contribution in [1.29, 1.82) is 0 Å². The Morgan fingerprint density at radius 3 is 2.72 bits per heavy atom. The maximum atomic E-state index is 13.0. The number of aromatic nitrogens is 1. The molecule has 0 saturated heterocycles. The van der Waals surface area contributed by atoms with Crippen molar-refractivity contribution in [1.82, 2.24) is 9.88 Å². The molecular formula is C20H26N2O3. The topological polar surface area (TPSA) is 60.3 Å². The van der Waals surface area contributed by atoms with Crippen LogP contribution in [-0.4, -0.2) is 36.5 Å².